The highest BCUT2D eigenvalue weighted by Crippen LogP contribution is 1.94. The lowest BCUT2D eigenvalue weighted by molar-refractivity contribution is -0.130. The highest BCUT2D eigenvalue weighted by atomic mass is 16.2. The Hall–Kier alpha value is -0.570. The Morgan fingerprint density at radius 1 is 1.50 bits per heavy atom. The first-order valence-electron chi connectivity index (χ1n) is 3.62. The summed E-state index contributed by atoms with van der Waals surface area (Å²) in [5, 5.41) is 3.18. The van der Waals surface area contributed by atoms with E-state index in [0.717, 1.165) is 26.2 Å². The lowest BCUT2D eigenvalue weighted by Gasteiger charge is -2.26. The molecule has 1 saturated heterocycles. The van der Waals surface area contributed by atoms with Crippen molar-refractivity contribution in [2.24, 2.45) is 0 Å². The summed E-state index contributed by atoms with van der Waals surface area (Å²) in [6.07, 6.45) is 0.389. The highest BCUT2D eigenvalue weighted by molar-refractivity contribution is 5.76. The second kappa shape index (κ2) is 3.56. The summed E-state index contributed by atoms with van der Waals surface area (Å²) in [6.45, 7) is 7.08. The van der Waals surface area contributed by atoms with Gasteiger partial charge in [0.1, 0.15) is 0 Å². The zero-order valence-corrected chi connectivity index (χ0v) is 6.10. The van der Waals surface area contributed by atoms with Gasteiger partial charge >= 0.3 is 0 Å². The van der Waals surface area contributed by atoms with E-state index in [0.29, 0.717) is 6.42 Å². The molecule has 0 atom stereocenters. The Kier molecular flexibility index (Phi) is 2.68. The molecule has 1 amide bonds. The van der Waals surface area contributed by atoms with Crippen LogP contribution in [0, 0.1) is 6.92 Å². The standard InChI is InChI=1S/C7H13N2O/c1-2-7(10)9-5-3-8-4-6-9/h8H,1-6H2. The summed E-state index contributed by atoms with van der Waals surface area (Å²) in [4.78, 5) is 12.9. The first kappa shape index (κ1) is 7.54. The molecule has 0 unspecified atom stereocenters. The Labute approximate surface area is 61.4 Å². The molecule has 0 spiro atoms. The van der Waals surface area contributed by atoms with Gasteiger partial charge in [0, 0.05) is 32.6 Å². The van der Waals surface area contributed by atoms with Gasteiger partial charge in [-0.05, 0) is 6.92 Å². The van der Waals surface area contributed by atoms with Crippen molar-refractivity contribution in [3.63, 3.8) is 0 Å². The van der Waals surface area contributed by atoms with Gasteiger partial charge in [-0.3, -0.25) is 4.79 Å². The first-order valence-corrected chi connectivity index (χ1v) is 3.62. The van der Waals surface area contributed by atoms with Crippen LogP contribution in [0.1, 0.15) is 6.42 Å². The zero-order chi connectivity index (χ0) is 7.40. The van der Waals surface area contributed by atoms with Crippen molar-refractivity contribution in [3.05, 3.63) is 6.92 Å². The molecule has 1 heterocycles. The Morgan fingerprint density at radius 3 is 2.60 bits per heavy atom. The molecule has 1 aliphatic rings. The fourth-order valence-corrected chi connectivity index (χ4v) is 1.07. The molecular weight excluding hydrogens is 128 g/mol. The van der Waals surface area contributed by atoms with Crippen molar-refractivity contribution < 1.29 is 4.79 Å². The van der Waals surface area contributed by atoms with E-state index in [1.54, 1.807) is 0 Å². The van der Waals surface area contributed by atoms with E-state index >= 15 is 0 Å². The maximum Gasteiger partial charge on any atom is 0.222 e. The lowest BCUT2D eigenvalue weighted by atomic mass is 10.3. The van der Waals surface area contributed by atoms with E-state index in [1.165, 1.54) is 0 Å². The molecule has 1 aliphatic heterocycles. The van der Waals surface area contributed by atoms with Crippen LogP contribution in [0.5, 0.6) is 0 Å². The number of hydrogen-bond acceptors (Lipinski definition) is 2. The normalized spacial score (nSPS) is 19.1. The van der Waals surface area contributed by atoms with Gasteiger partial charge in [-0.2, -0.15) is 0 Å². The Balaban J connectivity index is 2.31. The number of nitrogens with zero attached hydrogens (tertiary/aromatic N) is 1. The molecule has 3 nitrogen and oxygen atoms in total. The molecule has 10 heavy (non-hydrogen) atoms. The number of nitrogens with one attached hydrogen (secondary N) is 1. The number of hydrogen-bond donors (Lipinski definition) is 1. The number of carbonyl (C=O) groups excluding carboxylic acids is 1. The van der Waals surface area contributed by atoms with E-state index in [2.05, 4.69) is 12.2 Å². The van der Waals surface area contributed by atoms with Crippen LogP contribution in [-0.4, -0.2) is 37.0 Å². The molecule has 1 fully saturated rings. The van der Waals surface area contributed by atoms with Crippen LogP contribution in [0.2, 0.25) is 0 Å². The summed E-state index contributed by atoms with van der Waals surface area (Å²) in [6, 6.07) is 0. The minimum Gasteiger partial charge on any atom is -0.340 e. The quantitative estimate of drug-likeness (QED) is 0.541. The molecule has 0 aromatic heterocycles. The van der Waals surface area contributed by atoms with E-state index in [4.69, 9.17) is 0 Å². The van der Waals surface area contributed by atoms with Crippen LogP contribution < -0.4 is 5.32 Å². The molecule has 0 aromatic carbocycles. The number of rotatable bonds is 1. The fourth-order valence-electron chi connectivity index (χ4n) is 1.07. The molecule has 0 bridgehead atoms. The predicted molar refractivity (Wildman–Crippen MR) is 39.4 cm³/mol. The summed E-state index contributed by atoms with van der Waals surface area (Å²) in [5.74, 6) is 0.168. The van der Waals surface area contributed by atoms with Gasteiger partial charge in [0.05, 0.1) is 0 Å². The third-order valence-corrected chi connectivity index (χ3v) is 1.68. The molecule has 0 saturated carbocycles. The van der Waals surface area contributed by atoms with Gasteiger partial charge < -0.3 is 10.2 Å². The van der Waals surface area contributed by atoms with Gasteiger partial charge in [0.2, 0.25) is 5.91 Å². The van der Waals surface area contributed by atoms with Crippen LogP contribution in [0.3, 0.4) is 0 Å². The third kappa shape index (κ3) is 1.70. The van der Waals surface area contributed by atoms with Crippen molar-refractivity contribution in [1.82, 2.24) is 10.2 Å². The van der Waals surface area contributed by atoms with Crippen LogP contribution in [0.4, 0.5) is 0 Å². The summed E-state index contributed by atoms with van der Waals surface area (Å²) < 4.78 is 0. The second-order valence-corrected chi connectivity index (χ2v) is 2.38. The van der Waals surface area contributed by atoms with Crippen molar-refractivity contribution >= 4 is 5.91 Å². The van der Waals surface area contributed by atoms with Gasteiger partial charge in [0.25, 0.3) is 0 Å². The summed E-state index contributed by atoms with van der Waals surface area (Å²) >= 11 is 0. The van der Waals surface area contributed by atoms with Gasteiger partial charge in [0.15, 0.2) is 0 Å². The average Bonchev–Trinajstić information content (AvgIpc) is 2.05. The average molecular weight is 141 g/mol. The Bertz CT molecular complexity index is 119. The summed E-state index contributed by atoms with van der Waals surface area (Å²) in [5.41, 5.74) is 0. The molecule has 1 radical (unpaired) electrons. The van der Waals surface area contributed by atoms with E-state index in [-0.39, 0.29) is 5.91 Å². The SMILES string of the molecule is [CH2]CC(=O)N1CCNCC1. The maximum absolute atomic E-state index is 11.0. The predicted octanol–water partition coefficient (Wildman–Crippen LogP) is -0.358. The molecule has 1 N–H and O–H groups in total. The zero-order valence-electron chi connectivity index (χ0n) is 6.10. The Morgan fingerprint density at radius 2 is 2.10 bits per heavy atom. The maximum atomic E-state index is 11.0. The minimum absolute atomic E-state index is 0.168. The smallest absolute Gasteiger partial charge is 0.222 e. The topological polar surface area (TPSA) is 32.3 Å². The van der Waals surface area contributed by atoms with Crippen molar-refractivity contribution in [2.45, 2.75) is 6.42 Å². The number of piperazine rings is 1. The van der Waals surface area contributed by atoms with E-state index in [9.17, 15) is 4.79 Å². The van der Waals surface area contributed by atoms with Crippen LogP contribution >= 0.6 is 0 Å². The molecule has 0 aromatic rings. The van der Waals surface area contributed by atoms with Crippen LogP contribution in [0.25, 0.3) is 0 Å². The van der Waals surface area contributed by atoms with Gasteiger partial charge in [-0.15, -0.1) is 0 Å². The molecule has 3 heteroatoms. The fraction of sp³-hybridized carbons (Fsp3) is 0.714. The third-order valence-electron chi connectivity index (χ3n) is 1.68. The molecular formula is C7H13N2O. The monoisotopic (exact) mass is 141 g/mol. The van der Waals surface area contributed by atoms with Crippen molar-refractivity contribution in [1.29, 1.82) is 0 Å². The lowest BCUT2D eigenvalue weighted by Crippen LogP contribution is -2.46. The first-order chi connectivity index (χ1) is 4.84. The van der Waals surface area contributed by atoms with Crippen LogP contribution in [0.15, 0.2) is 0 Å². The van der Waals surface area contributed by atoms with E-state index < -0.39 is 0 Å². The number of carbonyl (C=O) groups is 1. The largest absolute Gasteiger partial charge is 0.340 e. The highest BCUT2D eigenvalue weighted by Gasteiger charge is 2.12. The van der Waals surface area contributed by atoms with Gasteiger partial charge in [-0.25, -0.2) is 0 Å². The van der Waals surface area contributed by atoms with Crippen LogP contribution in [-0.2, 0) is 4.79 Å². The van der Waals surface area contributed by atoms with Crippen molar-refractivity contribution in [2.75, 3.05) is 26.2 Å². The molecule has 0 aliphatic carbocycles. The molecule has 1 rings (SSSR count). The second-order valence-electron chi connectivity index (χ2n) is 2.38. The van der Waals surface area contributed by atoms with E-state index in [1.807, 2.05) is 4.90 Å². The van der Waals surface area contributed by atoms with Crippen molar-refractivity contribution in [3.8, 4) is 0 Å². The summed E-state index contributed by atoms with van der Waals surface area (Å²) in [7, 11) is 0. The number of amides is 1. The minimum atomic E-state index is 0.168. The molecule has 57 valence electrons. The van der Waals surface area contributed by atoms with Gasteiger partial charge in [-0.1, -0.05) is 0 Å².